The number of carbonyl (C=O) groups excluding carboxylic acids is 2. The molecule has 1 aliphatic heterocycles. The lowest BCUT2D eigenvalue weighted by Crippen LogP contribution is -2.38. The minimum atomic E-state index is -0.804. The standard InChI is InChI=1S/C14H12N2O3S/c1-8-2-3-9-7-11(19-13(18)10(9)6-8)12(17)16-14-15-4-5-20-14/h2-6,11H,7H2,1H3,(H,15,16,17)/t11-/m0/s1. The van der Waals surface area contributed by atoms with Gasteiger partial charge >= 0.3 is 5.97 Å². The summed E-state index contributed by atoms with van der Waals surface area (Å²) < 4.78 is 5.20. The molecule has 0 spiro atoms. The molecule has 1 aliphatic rings. The Morgan fingerprint density at radius 3 is 3.10 bits per heavy atom. The molecule has 1 N–H and O–H groups in total. The highest BCUT2D eigenvalue weighted by Gasteiger charge is 2.31. The fourth-order valence-corrected chi connectivity index (χ4v) is 2.64. The van der Waals surface area contributed by atoms with Crippen LogP contribution in [0.5, 0.6) is 0 Å². The summed E-state index contributed by atoms with van der Waals surface area (Å²) in [4.78, 5) is 28.0. The maximum absolute atomic E-state index is 12.1. The van der Waals surface area contributed by atoms with E-state index in [1.54, 1.807) is 17.6 Å². The maximum Gasteiger partial charge on any atom is 0.339 e. The number of esters is 1. The number of hydrogen-bond acceptors (Lipinski definition) is 5. The fraction of sp³-hybridized carbons (Fsp3) is 0.214. The molecule has 5 nitrogen and oxygen atoms in total. The molecule has 1 aromatic carbocycles. The van der Waals surface area contributed by atoms with Gasteiger partial charge in [0, 0.05) is 18.0 Å². The van der Waals surface area contributed by atoms with Crippen LogP contribution in [0.1, 0.15) is 21.5 Å². The molecule has 0 saturated heterocycles. The third kappa shape index (κ3) is 2.42. The highest BCUT2D eigenvalue weighted by atomic mass is 32.1. The number of amides is 1. The van der Waals surface area contributed by atoms with Crippen LogP contribution in [-0.4, -0.2) is 23.0 Å². The first-order chi connectivity index (χ1) is 9.63. The van der Waals surface area contributed by atoms with Crippen LogP contribution in [0, 0.1) is 6.92 Å². The molecule has 0 aliphatic carbocycles. The van der Waals surface area contributed by atoms with Crippen molar-refractivity contribution >= 4 is 28.3 Å². The second-order valence-electron chi connectivity index (χ2n) is 4.59. The molecule has 0 radical (unpaired) electrons. The van der Waals surface area contributed by atoms with Crippen molar-refractivity contribution in [3.8, 4) is 0 Å². The molecular formula is C14H12N2O3S. The lowest BCUT2D eigenvalue weighted by Gasteiger charge is -2.23. The summed E-state index contributed by atoms with van der Waals surface area (Å²) in [5.74, 6) is -0.797. The third-order valence-corrected chi connectivity index (χ3v) is 3.78. The Labute approximate surface area is 119 Å². The van der Waals surface area contributed by atoms with E-state index in [1.165, 1.54) is 11.3 Å². The van der Waals surface area contributed by atoms with E-state index in [9.17, 15) is 9.59 Å². The molecule has 3 rings (SSSR count). The quantitative estimate of drug-likeness (QED) is 0.860. The highest BCUT2D eigenvalue weighted by Crippen LogP contribution is 2.23. The molecule has 0 bridgehead atoms. The lowest BCUT2D eigenvalue weighted by atomic mass is 9.96. The van der Waals surface area contributed by atoms with Crippen molar-refractivity contribution in [3.05, 3.63) is 46.5 Å². The zero-order chi connectivity index (χ0) is 14.1. The van der Waals surface area contributed by atoms with Gasteiger partial charge in [0.05, 0.1) is 5.56 Å². The fourth-order valence-electron chi connectivity index (χ4n) is 2.11. The molecule has 6 heteroatoms. The number of hydrogen-bond donors (Lipinski definition) is 1. The van der Waals surface area contributed by atoms with Gasteiger partial charge < -0.3 is 4.74 Å². The zero-order valence-corrected chi connectivity index (χ0v) is 11.6. The number of thiazole rings is 1. The summed E-state index contributed by atoms with van der Waals surface area (Å²) in [5.41, 5.74) is 2.38. The van der Waals surface area contributed by atoms with Crippen molar-refractivity contribution in [2.75, 3.05) is 5.32 Å². The smallest absolute Gasteiger partial charge is 0.339 e. The number of nitrogens with one attached hydrogen (secondary N) is 1. The van der Waals surface area contributed by atoms with Crippen molar-refractivity contribution in [2.24, 2.45) is 0 Å². The summed E-state index contributed by atoms with van der Waals surface area (Å²) in [5, 5.41) is 4.91. The van der Waals surface area contributed by atoms with Crippen molar-refractivity contribution in [1.29, 1.82) is 0 Å². The van der Waals surface area contributed by atoms with E-state index in [1.807, 2.05) is 19.1 Å². The highest BCUT2D eigenvalue weighted by molar-refractivity contribution is 7.13. The van der Waals surface area contributed by atoms with Gasteiger partial charge in [-0.05, 0) is 18.6 Å². The summed E-state index contributed by atoms with van der Waals surface area (Å²) in [6, 6.07) is 5.58. The van der Waals surface area contributed by atoms with Gasteiger partial charge in [0.25, 0.3) is 5.91 Å². The van der Waals surface area contributed by atoms with Crippen LogP contribution in [0.2, 0.25) is 0 Å². The predicted octanol–water partition coefficient (Wildman–Crippen LogP) is 2.17. The number of aromatic nitrogens is 1. The number of ether oxygens (including phenoxy) is 1. The minimum Gasteiger partial charge on any atom is -0.448 e. The van der Waals surface area contributed by atoms with Gasteiger partial charge in [-0.25, -0.2) is 9.78 Å². The van der Waals surface area contributed by atoms with Gasteiger partial charge in [0.2, 0.25) is 0 Å². The number of cyclic esters (lactones) is 1. The predicted molar refractivity (Wildman–Crippen MR) is 74.8 cm³/mol. The van der Waals surface area contributed by atoms with E-state index in [2.05, 4.69) is 10.3 Å². The van der Waals surface area contributed by atoms with Crippen LogP contribution >= 0.6 is 11.3 Å². The second-order valence-corrected chi connectivity index (χ2v) is 5.48. The number of nitrogens with zero attached hydrogens (tertiary/aromatic N) is 1. The number of fused-ring (bicyclic) bond motifs is 1. The van der Waals surface area contributed by atoms with E-state index in [0.29, 0.717) is 17.1 Å². The van der Waals surface area contributed by atoms with Crippen molar-refractivity contribution in [3.63, 3.8) is 0 Å². The van der Waals surface area contributed by atoms with Crippen LogP contribution in [0.25, 0.3) is 0 Å². The van der Waals surface area contributed by atoms with Gasteiger partial charge in [0.1, 0.15) is 0 Å². The lowest BCUT2D eigenvalue weighted by molar-refractivity contribution is -0.125. The molecule has 1 aromatic heterocycles. The minimum absolute atomic E-state index is 0.348. The van der Waals surface area contributed by atoms with Gasteiger partial charge in [-0.15, -0.1) is 11.3 Å². The van der Waals surface area contributed by atoms with Crippen LogP contribution in [0.4, 0.5) is 5.13 Å². The number of benzene rings is 1. The maximum atomic E-state index is 12.1. The molecule has 0 saturated carbocycles. The molecule has 102 valence electrons. The van der Waals surface area contributed by atoms with E-state index in [4.69, 9.17) is 4.74 Å². The summed E-state index contributed by atoms with van der Waals surface area (Å²) >= 11 is 1.32. The second kappa shape index (κ2) is 5.05. The number of anilines is 1. The number of carbonyl (C=O) groups is 2. The molecule has 1 amide bonds. The van der Waals surface area contributed by atoms with Crippen molar-refractivity contribution < 1.29 is 14.3 Å². The molecule has 1 atom stereocenters. The monoisotopic (exact) mass is 288 g/mol. The van der Waals surface area contributed by atoms with Crippen LogP contribution in [-0.2, 0) is 16.0 Å². The Bertz CT molecular complexity index is 667. The van der Waals surface area contributed by atoms with Gasteiger partial charge in [-0.1, -0.05) is 17.7 Å². The van der Waals surface area contributed by atoms with E-state index in [-0.39, 0.29) is 5.91 Å². The third-order valence-electron chi connectivity index (χ3n) is 3.09. The molecule has 20 heavy (non-hydrogen) atoms. The first kappa shape index (κ1) is 12.8. The molecule has 0 fully saturated rings. The van der Waals surface area contributed by atoms with E-state index >= 15 is 0 Å². The zero-order valence-electron chi connectivity index (χ0n) is 10.8. The van der Waals surface area contributed by atoms with Crippen LogP contribution in [0.15, 0.2) is 29.8 Å². The number of rotatable bonds is 2. The van der Waals surface area contributed by atoms with Crippen LogP contribution < -0.4 is 5.32 Å². The van der Waals surface area contributed by atoms with E-state index < -0.39 is 12.1 Å². The average molecular weight is 288 g/mol. The Morgan fingerprint density at radius 2 is 2.35 bits per heavy atom. The Hall–Kier alpha value is -2.21. The molecule has 2 heterocycles. The first-order valence-corrected chi connectivity index (χ1v) is 7.02. The van der Waals surface area contributed by atoms with Gasteiger partial charge in [-0.3, -0.25) is 10.1 Å². The normalized spacial score (nSPS) is 17.2. The SMILES string of the molecule is Cc1ccc2c(c1)C(=O)O[C@H](C(=O)Nc1nccs1)C2. The van der Waals surface area contributed by atoms with Gasteiger partial charge in [-0.2, -0.15) is 0 Å². The number of aryl methyl sites for hydroxylation is 1. The molecule has 0 unspecified atom stereocenters. The Kier molecular flexibility index (Phi) is 3.23. The topological polar surface area (TPSA) is 68.3 Å². The molecule has 2 aromatic rings. The van der Waals surface area contributed by atoms with Crippen LogP contribution in [0.3, 0.4) is 0 Å². The summed E-state index contributed by atoms with van der Waals surface area (Å²) in [6.45, 7) is 1.91. The van der Waals surface area contributed by atoms with Gasteiger partial charge in [0.15, 0.2) is 11.2 Å². The molecular weight excluding hydrogens is 276 g/mol. The summed E-state index contributed by atoms with van der Waals surface area (Å²) in [7, 11) is 0. The Balaban J connectivity index is 1.79. The van der Waals surface area contributed by atoms with Crippen molar-refractivity contribution in [1.82, 2.24) is 4.98 Å². The van der Waals surface area contributed by atoms with Crippen molar-refractivity contribution in [2.45, 2.75) is 19.4 Å². The van der Waals surface area contributed by atoms with E-state index in [0.717, 1.165) is 11.1 Å². The first-order valence-electron chi connectivity index (χ1n) is 6.14. The average Bonchev–Trinajstić information content (AvgIpc) is 2.92. The largest absolute Gasteiger partial charge is 0.448 e. The Morgan fingerprint density at radius 1 is 1.50 bits per heavy atom. The summed E-state index contributed by atoms with van der Waals surface area (Å²) in [6.07, 6.45) is 1.19.